The summed E-state index contributed by atoms with van der Waals surface area (Å²) in [7, 11) is 0. The molecular formula is C23H25FN2. The minimum atomic E-state index is -1.16. The van der Waals surface area contributed by atoms with Crippen molar-refractivity contribution < 1.29 is 4.39 Å². The maximum atomic E-state index is 14.1. The molecule has 0 saturated carbocycles. The van der Waals surface area contributed by atoms with Crippen LogP contribution in [0.3, 0.4) is 0 Å². The number of aromatic nitrogens is 1. The van der Waals surface area contributed by atoms with E-state index in [0.717, 1.165) is 23.9 Å². The van der Waals surface area contributed by atoms with Crippen LogP contribution in [0.4, 0.5) is 4.39 Å². The minimum absolute atomic E-state index is 0.355. The molecule has 1 aliphatic rings. The van der Waals surface area contributed by atoms with Crippen molar-refractivity contribution in [3.63, 3.8) is 0 Å². The number of pyridine rings is 1. The van der Waals surface area contributed by atoms with Gasteiger partial charge in [-0.05, 0) is 67.6 Å². The van der Waals surface area contributed by atoms with Crippen molar-refractivity contribution in [2.24, 2.45) is 0 Å². The van der Waals surface area contributed by atoms with Gasteiger partial charge in [0.05, 0.1) is 5.52 Å². The molecule has 2 aromatic carbocycles. The van der Waals surface area contributed by atoms with Gasteiger partial charge in [-0.15, -0.1) is 0 Å². The zero-order valence-electron chi connectivity index (χ0n) is 15.7. The van der Waals surface area contributed by atoms with Crippen LogP contribution in [0.5, 0.6) is 0 Å². The molecule has 0 fully saturated rings. The summed E-state index contributed by atoms with van der Waals surface area (Å²) >= 11 is 0. The predicted octanol–water partition coefficient (Wildman–Crippen LogP) is 5.40. The van der Waals surface area contributed by atoms with Crippen LogP contribution < -0.4 is 0 Å². The lowest BCUT2D eigenvalue weighted by molar-refractivity contribution is 0.0860. The number of alkyl halides is 1. The molecule has 1 aromatic heterocycles. The summed E-state index contributed by atoms with van der Waals surface area (Å²) in [4.78, 5) is 6.65. The highest BCUT2D eigenvalue weighted by molar-refractivity contribution is 5.84. The Labute approximate surface area is 154 Å². The highest BCUT2D eigenvalue weighted by Gasteiger charge is 2.28. The number of fused-ring (bicyclic) bond motifs is 2. The van der Waals surface area contributed by atoms with E-state index in [1.807, 2.05) is 12.3 Å². The SMILES string of the molecule is CC1Cc2cc(-c3ccc4ncccc4c3)ccc2CN1CC(C)(C)F. The Bertz CT molecular complexity index is 942. The van der Waals surface area contributed by atoms with Crippen molar-refractivity contribution in [1.82, 2.24) is 9.88 Å². The lowest BCUT2D eigenvalue weighted by Crippen LogP contribution is -2.44. The first kappa shape index (κ1) is 17.2. The van der Waals surface area contributed by atoms with Crippen LogP contribution in [0, 0.1) is 0 Å². The Hall–Kier alpha value is -2.26. The number of rotatable bonds is 3. The number of benzene rings is 2. The summed E-state index contributed by atoms with van der Waals surface area (Å²) in [6.07, 6.45) is 2.79. The lowest BCUT2D eigenvalue weighted by Gasteiger charge is -2.37. The van der Waals surface area contributed by atoms with Crippen LogP contribution in [0.15, 0.2) is 54.7 Å². The van der Waals surface area contributed by atoms with Gasteiger partial charge >= 0.3 is 0 Å². The van der Waals surface area contributed by atoms with Crippen molar-refractivity contribution in [2.75, 3.05) is 6.54 Å². The summed E-state index contributed by atoms with van der Waals surface area (Å²) in [5.74, 6) is 0. The van der Waals surface area contributed by atoms with E-state index >= 15 is 0 Å². The fraction of sp³-hybridized carbons (Fsp3) is 0.348. The molecule has 3 aromatic rings. The quantitative estimate of drug-likeness (QED) is 0.630. The van der Waals surface area contributed by atoms with Crippen molar-refractivity contribution in [2.45, 2.75) is 45.4 Å². The molecule has 2 nitrogen and oxygen atoms in total. The van der Waals surface area contributed by atoms with Gasteiger partial charge < -0.3 is 0 Å². The Balaban J connectivity index is 1.64. The topological polar surface area (TPSA) is 16.1 Å². The second-order valence-electron chi connectivity index (χ2n) is 8.07. The van der Waals surface area contributed by atoms with Crippen LogP contribution in [-0.2, 0) is 13.0 Å². The Morgan fingerprint density at radius 2 is 1.85 bits per heavy atom. The van der Waals surface area contributed by atoms with Crippen molar-refractivity contribution in [3.05, 3.63) is 65.9 Å². The van der Waals surface area contributed by atoms with Crippen LogP contribution in [0.1, 0.15) is 31.9 Å². The Kier molecular flexibility index (Phi) is 4.28. The molecule has 0 amide bonds. The van der Waals surface area contributed by atoms with E-state index in [9.17, 15) is 4.39 Å². The van der Waals surface area contributed by atoms with Gasteiger partial charge in [0.25, 0.3) is 0 Å². The highest BCUT2D eigenvalue weighted by atomic mass is 19.1. The van der Waals surface area contributed by atoms with Crippen LogP contribution in [-0.4, -0.2) is 28.1 Å². The van der Waals surface area contributed by atoms with Gasteiger partial charge in [0.1, 0.15) is 5.67 Å². The fourth-order valence-electron chi connectivity index (χ4n) is 3.92. The molecule has 1 unspecified atom stereocenters. The van der Waals surface area contributed by atoms with E-state index in [1.165, 1.54) is 22.3 Å². The Morgan fingerprint density at radius 3 is 2.65 bits per heavy atom. The molecule has 134 valence electrons. The average molecular weight is 348 g/mol. The summed E-state index contributed by atoms with van der Waals surface area (Å²) in [5, 5.41) is 1.16. The summed E-state index contributed by atoms with van der Waals surface area (Å²) < 4.78 is 14.1. The summed E-state index contributed by atoms with van der Waals surface area (Å²) in [6.45, 7) is 6.82. The first-order chi connectivity index (χ1) is 12.4. The summed E-state index contributed by atoms with van der Waals surface area (Å²) in [6, 6.07) is 17.6. The maximum absolute atomic E-state index is 14.1. The number of halogens is 1. The molecule has 3 heteroatoms. The number of nitrogens with zero attached hydrogens (tertiary/aromatic N) is 2. The Morgan fingerprint density at radius 1 is 1.08 bits per heavy atom. The van der Waals surface area contributed by atoms with Crippen LogP contribution in [0.2, 0.25) is 0 Å². The van der Waals surface area contributed by atoms with E-state index in [2.05, 4.69) is 59.3 Å². The summed E-state index contributed by atoms with van der Waals surface area (Å²) in [5.41, 5.74) is 5.01. The molecule has 0 bridgehead atoms. The van der Waals surface area contributed by atoms with Gasteiger partial charge in [0.2, 0.25) is 0 Å². The number of hydrogen-bond acceptors (Lipinski definition) is 2. The van der Waals surface area contributed by atoms with Gasteiger partial charge in [-0.3, -0.25) is 9.88 Å². The van der Waals surface area contributed by atoms with Gasteiger partial charge in [0, 0.05) is 30.7 Å². The van der Waals surface area contributed by atoms with Crippen molar-refractivity contribution in [1.29, 1.82) is 0 Å². The zero-order chi connectivity index (χ0) is 18.3. The predicted molar refractivity (Wildman–Crippen MR) is 106 cm³/mol. The molecule has 26 heavy (non-hydrogen) atoms. The average Bonchev–Trinajstić information content (AvgIpc) is 2.60. The lowest BCUT2D eigenvalue weighted by atomic mass is 9.90. The highest BCUT2D eigenvalue weighted by Crippen LogP contribution is 2.30. The third kappa shape index (κ3) is 3.49. The molecule has 1 atom stereocenters. The third-order valence-electron chi connectivity index (χ3n) is 5.23. The standard InChI is InChI=1S/C23H25FN2/c1-16-11-21-13-17(6-7-20(21)14-26(16)15-23(2,3)24)18-8-9-22-19(12-18)5-4-10-25-22/h4-10,12-13,16H,11,14-15H2,1-3H3. The first-order valence-corrected chi connectivity index (χ1v) is 9.29. The van der Waals surface area contributed by atoms with Crippen LogP contribution in [0.25, 0.3) is 22.0 Å². The van der Waals surface area contributed by atoms with Gasteiger partial charge in [-0.25, -0.2) is 4.39 Å². The second-order valence-corrected chi connectivity index (χ2v) is 8.07. The van der Waals surface area contributed by atoms with Crippen molar-refractivity contribution >= 4 is 10.9 Å². The largest absolute Gasteiger partial charge is 0.293 e. The van der Waals surface area contributed by atoms with Crippen LogP contribution >= 0.6 is 0 Å². The molecule has 0 spiro atoms. The zero-order valence-corrected chi connectivity index (χ0v) is 15.7. The second kappa shape index (κ2) is 6.48. The normalized spacial score (nSPS) is 18.1. The molecule has 1 aliphatic heterocycles. The molecule has 2 heterocycles. The minimum Gasteiger partial charge on any atom is -0.293 e. The van der Waals surface area contributed by atoms with Crippen molar-refractivity contribution in [3.8, 4) is 11.1 Å². The smallest absolute Gasteiger partial charge is 0.118 e. The molecule has 0 saturated heterocycles. The number of hydrogen-bond donors (Lipinski definition) is 0. The van der Waals surface area contributed by atoms with E-state index < -0.39 is 5.67 Å². The third-order valence-corrected chi connectivity index (χ3v) is 5.23. The van der Waals surface area contributed by atoms with E-state index in [0.29, 0.717) is 12.6 Å². The van der Waals surface area contributed by atoms with E-state index in [4.69, 9.17) is 0 Å². The fourth-order valence-corrected chi connectivity index (χ4v) is 3.92. The van der Waals surface area contributed by atoms with E-state index in [1.54, 1.807) is 13.8 Å². The van der Waals surface area contributed by atoms with E-state index in [-0.39, 0.29) is 0 Å². The molecule has 0 radical (unpaired) electrons. The molecule has 0 N–H and O–H groups in total. The maximum Gasteiger partial charge on any atom is 0.118 e. The first-order valence-electron chi connectivity index (χ1n) is 9.29. The monoisotopic (exact) mass is 348 g/mol. The molecule has 4 rings (SSSR count). The van der Waals surface area contributed by atoms with Gasteiger partial charge in [-0.2, -0.15) is 0 Å². The van der Waals surface area contributed by atoms with Gasteiger partial charge in [0.15, 0.2) is 0 Å². The molecule has 0 aliphatic carbocycles. The molecular weight excluding hydrogens is 323 g/mol. The van der Waals surface area contributed by atoms with Gasteiger partial charge in [-0.1, -0.05) is 30.3 Å².